The highest BCUT2D eigenvalue weighted by atomic mass is 79.9. The molecule has 0 saturated heterocycles. The number of furan rings is 1. The molecule has 1 nitrogen and oxygen atoms in total. The van der Waals surface area contributed by atoms with Gasteiger partial charge in [0.2, 0.25) is 0 Å². The molecule has 0 aliphatic rings. The number of hydrogen-bond acceptors (Lipinski definition) is 2. The van der Waals surface area contributed by atoms with Crippen LogP contribution in [0.2, 0.25) is 0 Å². The van der Waals surface area contributed by atoms with Gasteiger partial charge in [-0.3, -0.25) is 0 Å². The van der Waals surface area contributed by atoms with Gasteiger partial charge in [0, 0.05) is 21.2 Å². The normalized spacial score (nSPS) is 11.1. The lowest BCUT2D eigenvalue weighted by Gasteiger charge is -1.90. The van der Waals surface area contributed by atoms with Gasteiger partial charge in [-0.25, -0.2) is 0 Å². The molecule has 2 aromatic heterocycles. The first-order valence-electron chi connectivity index (χ1n) is 5.01. The van der Waals surface area contributed by atoms with Crippen molar-refractivity contribution in [2.45, 2.75) is 6.42 Å². The molecular formula is C13H9BrOS. The third kappa shape index (κ3) is 1.93. The molecule has 0 aliphatic carbocycles. The van der Waals surface area contributed by atoms with E-state index in [0.717, 1.165) is 27.6 Å². The molecule has 0 unspecified atom stereocenters. The Labute approximate surface area is 106 Å². The number of rotatable bonds is 2. The van der Waals surface area contributed by atoms with Crippen molar-refractivity contribution in [2.75, 3.05) is 0 Å². The fourth-order valence-corrected chi connectivity index (χ4v) is 2.83. The van der Waals surface area contributed by atoms with Crippen LogP contribution < -0.4 is 0 Å². The van der Waals surface area contributed by atoms with Gasteiger partial charge in [0.25, 0.3) is 0 Å². The van der Waals surface area contributed by atoms with Crippen molar-refractivity contribution in [1.82, 2.24) is 0 Å². The zero-order chi connectivity index (χ0) is 11.0. The summed E-state index contributed by atoms with van der Waals surface area (Å²) in [5.74, 6) is 1.02. The van der Waals surface area contributed by atoms with Crippen molar-refractivity contribution in [1.29, 1.82) is 0 Å². The molecule has 3 heteroatoms. The van der Waals surface area contributed by atoms with Crippen LogP contribution >= 0.6 is 27.3 Å². The Kier molecular flexibility index (Phi) is 2.58. The minimum absolute atomic E-state index is 0.879. The second-order valence-electron chi connectivity index (χ2n) is 3.65. The summed E-state index contributed by atoms with van der Waals surface area (Å²) >= 11 is 5.22. The minimum atomic E-state index is 0.879. The third-order valence-electron chi connectivity index (χ3n) is 2.46. The summed E-state index contributed by atoms with van der Waals surface area (Å²) in [6.45, 7) is 0. The van der Waals surface area contributed by atoms with Crippen molar-refractivity contribution >= 4 is 38.2 Å². The Bertz CT molecular complexity index is 610. The predicted octanol–water partition coefficient (Wildman–Crippen LogP) is 4.85. The first-order valence-corrected chi connectivity index (χ1v) is 6.69. The first kappa shape index (κ1) is 10.1. The van der Waals surface area contributed by atoms with Gasteiger partial charge >= 0.3 is 0 Å². The van der Waals surface area contributed by atoms with Crippen LogP contribution in [0.15, 0.2) is 50.7 Å². The molecule has 2 heterocycles. The number of thiophene rings is 1. The maximum absolute atomic E-state index is 5.78. The lowest BCUT2D eigenvalue weighted by atomic mass is 10.2. The fraction of sp³-hybridized carbons (Fsp3) is 0.0769. The van der Waals surface area contributed by atoms with E-state index in [2.05, 4.69) is 45.6 Å². The van der Waals surface area contributed by atoms with E-state index in [4.69, 9.17) is 4.42 Å². The van der Waals surface area contributed by atoms with Gasteiger partial charge in [-0.15, -0.1) is 11.3 Å². The second-order valence-corrected chi connectivity index (χ2v) is 5.60. The monoisotopic (exact) mass is 292 g/mol. The van der Waals surface area contributed by atoms with Crippen LogP contribution in [0.4, 0.5) is 0 Å². The van der Waals surface area contributed by atoms with Crippen molar-refractivity contribution < 1.29 is 4.42 Å². The van der Waals surface area contributed by atoms with Crippen molar-refractivity contribution in [3.63, 3.8) is 0 Å². The van der Waals surface area contributed by atoms with Gasteiger partial charge in [-0.05, 0) is 35.7 Å². The number of halogens is 1. The summed E-state index contributed by atoms with van der Waals surface area (Å²) in [5, 5.41) is 3.25. The molecule has 0 N–H and O–H groups in total. The molecule has 0 spiro atoms. The minimum Gasteiger partial charge on any atom is -0.461 e. The largest absolute Gasteiger partial charge is 0.461 e. The maximum atomic E-state index is 5.78. The molecule has 80 valence electrons. The summed E-state index contributed by atoms with van der Waals surface area (Å²) in [4.78, 5) is 1.33. The molecule has 0 bridgehead atoms. The second kappa shape index (κ2) is 4.07. The first-order chi connectivity index (χ1) is 7.81. The van der Waals surface area contributed by atoms with Crippen molar-refractivity contribution in [3.05, 3.63) is 56.9 Å². The lowest BCUT2D eigenvalue weighted by molar-refractivity contribution is 0.564. The Morgan fingerprint density at radius 1 is 1.19 bits per heavy atom. The summed E-state index contributed by atoms with van der Waals surface area (Å²) in [5.41, 5.74) is 0.953. The van der Waals surface area contributed by atoms with Gasteiger partial charge in [0.1, 0.15) is 11.3 Å². The lowest BCUT2D eigenvalue weighted by Crippen LogP contribution is -1.78. The van der Waals surface area contributed by atoms with Gasteiger partial charge < -0.3 is 4.42 Å². The highest BCUT2D eigenvalue weighted by Crippen LogP contribution is 2.25. The maximum Gasteiger partial charge on any atom is 0.134 e. The van der Waals surface area contributed by atoms with E-state index >= 15 is 0 Å². The van der Waals surface area contributed by atoms with Crippen LogP contribution in [0.5, 0.6) is 0 Å². The molecule has 0 radical (unpaired) electrons. The van der Waals surface area contributed by atoms with Gasteiger partial charge in [0.15, 0.2) is 0 Å². The average Bonchev–Trinajstić information content (AvgIpc) is 2.86. The van der Waals surface area contributed by atoms with Gasteiger partial charge in [-0.2, -0.15) is 0 Å². The molecule has 3 aromatic rings. The molecule has 0 aliphatic heterocycles. The summed E-state index contributed by atoms with van der Waals surface area (Å²) in [7, 11) is 0. The highest BCUT2D eigenvalue weighted by Gasteiger charge is 2.05. The third-order valence-corrected chi connectivity index (χ3v) is 3.83. The van der Waals surface area contributed by atoms with Crippen LogP contribution in [0.25, 0.3) is 11.0 Å². The number of benzene rings is 1. The van der Waals surface area contributed by atoms with E-state index in [0.29, 0.717) is 0 Å². The molecule has 3 rings (SSSR count). The molecule has 0 saturated carbocycles. The topological polar surface area (TPSA) is 13.1 Å². The highest BCUT2D eigenvalue weighted by molar-refractivity contribution is 9.10. The molecular weight excluding hydrogens is 284 g/mol. The van der Waals surface area contributed by atoms with Crippen LogP contribution in [0.1, 0.15) is 10.6 Å². The average molecular weight is 293 g/mol. The van der Waals surface area contributed by atoms with Crippen LogP contribution in [0.3, 0.4) is 0 Å². The number of hydrogen-bond donors (Lipinski definition) is 0. The van der Waals surface area contributed by atoms with Crippen molar-refractivity contribution in [2.24, 2.45) is 0 Å². The number of fused-ring (bicyclic) bond motifs is 1. The molecule has 16 heavy (non-hydrogen) atoms. The molecule has 1 aromatic carbocycles. The Hall–Kier alpha value is -1.06. The quantitative estimate of drug-likeness (QED) is 0.658. The van der Waals surface area contributed by atoms with Crippen molar-refractivity contribution in [3.8, 4) is 0 Å². The zero-order valence-corrected chi connectivity index (χ0v) is 10.8. The van der Waals surface area contributed by atoms with Crippen LogP contribution in [-0.4, -0.2) is 0 Å². The predicted molar refractivity (Wildman–Crippen MR) is 71.0 cm³/mol. The molecule has 0 atom stereocenters. The molecule has 0 amide bonds. The van der Waals surface area contributed by atoms with Gasteiger partial charge in [-0.1, -0.05) is 22.0 Å². The fourth-order valence-electron chi connectivity index (χ4n) is 1.74. The molecule has 0 fully saturated rings. The van der Waals surface area contributed by atoms with Crippen LogP contribution in [0, 0.1) is 0 Å². The van der Waals surface area contributed by atoms with Crippen LogP contribution in [-0.2, 0) is 6.42 Å². The smallest absolute Gasteiger partial charge is 0.134 e. The Balaban J connectivity index is 1.99. The standard InChI is InChI=1S/C13H9BrOS/c14-10-3-4-13-9(6-10)7-11(15-13)8-12-2-1-5-16-12/h1-7H,8H2. The van der Waals surface area contributed by atoms with E-state index in [9.17, 15) is 0 Å². The summed E-state index contributed by atoms with van der Waals surface area (Å²) in [6.07, 6.45) is 0.879. The van der Waals surface area contributed by atoms with E-state index in [-0.39, 0.29) is 0 Å². The zero-order valence-electron chi connectivity index (χ0n) is 8.44. The van der Waals surface area contributed by atoms with E-state index in [1.54, 1.807) is 11.3 Å². The Morgan fingerprint density at radius 2 is 2.12 bits per heavy atom. The SMILES string of the molecule is Brc1ccc2oc(Cc3cccs3)cc2c1. The van der Waals surface area contributed by atoms with E-state index in [1.165, 1.54) is 4.88 Å². The van der Waals surface area contributed by atoms with Gasteiger partial charge in [0.05, 0.1) is 0 Å². The summed E-state index contributed by atoms with van der Waals surface area (Å²) < 4.78 is 6.87. The summed E-state index contributed by atoms with van der Waals surface area (Å²) in [6, 6.07) is 12.4. The van der Waals surface area contributed by atoms with E-state index in [1.807, 2.05) is 12.1 Å². The Morgan fingerprint density at radius 3 is 2.94 bits per heavy atom. The van der Waals surface area contributed by atoms with E-state index < -0.39 is 0 Å².